The minimum Gasteiger partial charge on any atom is -0.465 e. The molecule has 0 fully saturated rings. The number of carbonyl (C=O) groups excluding carboxylic acids is 1. The fraction of sp³-hybridized carbons (Fsp3) is 0.778. The van der Waals surface area contributed by atoms with Crippen molar-refractivity contribution < 1.29 is 19.4 Å². The lowest BCUT2D eigenvalue weighted by Crippen LogP contribution is -2.39. The summed E-state index contributed by atoms with van der Waals surface area (Å²) < 4.78 is 4.95. The highest BCUT2D eigenvalue weighted by atomic mass is 35.5. The number of carbonyl (C=O) groups is 2. The molecule has 1 amide bonds. The number of hydrogen-bond acceptors (Lipinski definition) is 3. The van der Waals surface area contributed by atoms with E-state index in [1.165, 1.54) is 6.92 Å². The van der Waals surface area contributed by atoms with Crippen molar-refractivity contribution in [3.8, 4) is 0 Å². The third kappa shape index (κ3) is 9.79. The molecule has 0 aliphatic carbocycles. The van der Waals surface area contributed by atoms with Crippen LogP contribution < -0.4 is 5.32 Å². The average Bonchev–Trinajstić information content (AvgIpc) is 2.00. The number of ether oxygens (including phenoxy) is 1. The van der Waals surface area contributed by atoms with Crippen LogP contribution in [0.15, 0.2) is 0 Å². The molecule has 1 atom stereocenters. The summed E-state index contributed by atoms with van der Waals surface area (Å²) in [5, 5.41) is 10.4. The van der Waals surface area contributed by atoms with Crippen LogP contribution in [0.4, 0.5) is 4.79 Å². The molecule has 0 radical (unpaired) electrons. The van der Waals surface area contributed by atoms with Gasteiger partial charge < -0.3 is 15.2 Å². The lowest BCUT2D eigenvalue weighted by molar-refractivity contribution is -0.145. The van der Waals surface area contributed by atoms with Crippen molar-refractivity contribution in [2.24, 2.45) is 0 Å². The summed E-state index contributed by atoms with van der Waals surface area (Å²) in [6, 6.07) is 0.0857. The minimum atomic E-state index is -1.22. The van der Waals surface area contributed by atoms with Crippen LogP contribution in [-0.4, -0.2) is 37.9 Å². The number of esters is 1. The first-order valence-corrected chi connectivity index (χ1v) is 8.59. The van der Waals surface area contributed by atoms with Gasteiger partial charge in [-0.1, -0.05) is 19.6 Å². The molecular formula is C9H20ClNO4Si. The Morgan fingerprint density at radius 1 is 1.38 bits per heavy atom. The maximum Gasteiger partial charge on any atom is 0.405 e. The van der Waals surface area contributed by atoms with Crippen LogP contribution in [0.25, 0.3) is 0 Å². The number of carboxylic acid groups (broad SMARTS) is 1. The van der Waals surface area contributed by atoms with Gasteiger partial charge >= 0.3 is 12.1 Å². The van der Waals surface area contributed by atoms with E-state index in [1.807, 2.05) is 5.32 Å². The van der Waals surface area contributed by atoms with E-state index in [1.54, 1.807) is 0 Å². The van der Waals surface area contributed by atoms with E-state index in [-0.39, 0.29) is 12.4 Å². The van der Waals surface area contributed by atoms with Gasteiger partial charge in [0, 0.05) is 8.07 Å². The second kappa shape index (κ2) is 7.51. The van der Waals surface area contributed by atoms with Crippen LogP contribution in [0.3, 0.4) is 0 Å². The molecule has 0 heterocycles. The van der Waals surface area contributed by atoms with E-state index < -0.39 is 26.2 Å². The van der Waals surface area contributed by atoms with Crippen molar-refractivity contribution in [3.63, 3.8) is 0 Å². The summed E-state index contributed by atoms with van der Waals surface area (Å²) >= 11 is 0. The van der Waals surface area contributed by atoms with Gasteiger partial charge in [-0.15, -0.1) is 12.4 Å². The predicted molar refractivity (Wildman–Crippen MR) is 67.0 cm³/mol. The normalized spacial score (nSPS) is 12.2. The van der Waals surface area contributed by atoms with Gasteiger partial charge in [0.05, 0.1) is 6.61 Å². The first-order valence-electron chi connectivity index (χ1n) is 4.88. The highest BCUT2D eigenvalue weighted by Crippen LogP contribution is 2.07. The Labute approximate surface area is 103 Å². The second-order valence-corrected chi connectivity index (χ2v) is 10.3. The molecule has 0 aromatic carbocycles. The first kappa shape index (κ1) is 17.6. The highest BCUT2D eigenvalue weighted by Gasteiger charge is 2.18. The summed E-state index contributed by atoms with van der Waals surface area (Å²) in [5.74, 6) is -0.518. The summed E-state index contributed by atoms with van der Waals surface area (Å²) in [7, 11) is -1.20. The molecule has 0 rings (SSSR count). The Morgan fingerprint density at radius 2 is 1.88 bits per heavy atom. The van der Waals surface area contributed by atoms with Crippen molar-refractivity contribution in [2.75, 3.05) is 6.61 Å². The van der Waals surface area contributed by atoms with Gasteiger partial charge in [-0.05, 0) is 13.0 Å². The molecule has 0 aliphatic heterocycles. The van der Waals surface area contributed by atoms with Gasteiger partial charge in [-0.2, -0.15) is 0 Å². The van der Waals surface area contributed by atoms with Crippen molar-refractivity contribution >= 4 is 32.5 Å². The standard InChI is InChI=1S/C9H19NO4Si.ClH/c1-7(10-9(12)13)8(11)14-5-6-15(2,3)4;/h7,10H,5-6H2,1-4H3,(H,12,13);1H. The summed E-state index contributed by atoms with van der Waals surface area (Å²) in [6.45, 7) is 8.38. The maximum absolute atomic E-state index is 11.2. The average molecular weight is 270 g/mol. The monoisotopic (exact) mass is 269 g/mol. The quantitative estimate of drug-likeness (QED) is 0.591. The van der Waals surface area contributed by atoms with Crippen molar-refractivity contribution in [2.45, 2.75) is 38.7 Å². The second-order valence-electron chi connectivity index (χ2n) is 4.65. The maximum atomic E-state index is 11.2. The Hall–Kier alpha value is -0.753. The predicted octanol–water partition coefficient (Wildman–Crippen LogP) is 1.95. The van der Waals surface area contributed by atoms with Crippen LogP contribution in [0.5, 0.6) is 0 Å². The van der Waals surface area contributed by atoms with Gasteiger partial charge in [0.25, 0.3) is 0 Å². The fourth-order valence-corrected chi connectivity index (χ4v) is 1.54. The molecule has 0 spiro atoms. The Bertz CT molecular complexity index is 242. The molecule has 0 aromatic rings. The summed E-state index contributed by atoms with van der Waals surface area (Å²) in [4.78, 5) is 21.5. The lowest BCUT2D eigenvalue weighted by atomic mass is 10.3. The molecule has 96 valence electrons. The Kier molecular flexibility index (Phi) is 8.28. The topological polar surface area (TPSA) is 75.6 Å². The lowest BCUT2D eigenvalue weighted by Gasteiger charge is -2.16. The molecule has 0 saturated heterocycles. The first-order chi connectivity index (χ1) is 6.72. The van der Waals surface area contributed by atoms with Crippen molar-refractivity contribution in [1.29, 1.82) is 0 Å². The van der Waals surface area contributed by atoms with Crippen LogP contribution in [-0.2, 0) is 9.53 Å². The molecule has 2 N–H and O–H groups in total. The molecule has 0 saturated carbocycles. The van der Waals surface area contributed by atoms with Gasteiger partial charge in [-0.3, -0.25) is 0 Å². The Balaban J connectivity index is 0. The van der Waals surface area contributed by atoms with Gasteiger partial charge in [-0.25, -0.2) is 9.59 Å². The van der Waals surface area contributed by atoms with E-state index in [0.717, 1.165) is 6.04 Å². The fourth-order valence-electron chi connectivity index (χ4n) is 0.827. The van der Waals surface area contributed by atoms with Crippen LogP contribution in [0.1, 0.15) is 6.92 Å². The van der Waals surface area contributed by atoms with Gasteiger partial charge in [0.15, 0.2) is 0 Å². The zero-order chi connectivity index (χ0) is 12.1. The van der Waals surface area contributed by atoms with E-state index in [4.69, 9.17) is 9.84 Å². The number of amides is 1. The molecule has 5 nitrogen and oxygen atoms in total. The van der Waals surface area contributed by atoms with E-state index in [0.29, 0.717) is 6.61 Å². The molecule has 1 unspecified atom stereocenters. The van der Waals surface area contributed by atoms with Crippen LogP contribution in [0.2, 0.25) is 25.7 Å². The number of rotatable bonds is 5. The van der Waals surface area contributed by atoms with E-state index in [2.05, 4.69) is 19.6 Å². The summed E-state index contributed by atoms with van der Waals surface area (Å²) in [5.41, 5.74) is 0. The molecule has 16 heavy (non-hydrogen) atoms. The Morgan fingerprint density at radius 3 is 2.25 bits per heavy atom. The van der Waals surface area contributed by atoms with E-state index in [9.17, 15) is 9.59 Å². The van der Waals surface area contributed by atoms with Gasteiger partial charge in [0.1, 0.15) is 6.04 Å². The zero-order valence-electron chi connectivity index (χ0n) is 10.1. The molecule has 0 aliphatic rings. The SMILES string of the molecule is CC(NC(=O)O)C(=O)OCC[Si](C)(C)C.Cl. The van der Waals surface area contributed by atoms with Crippen LogP contribution >= 0.6 is 12.4 Å². The molecule has 0 bridgehead atoms. The number of nitrogens with one attached hydrogen (secondary N) is 1. The minimum absolute atomic E-state index is 0. The third-order valence-electron chi connectivity index (χ3n) is 1.79. The summed E-state index contributed by atoms with van der Waals surface area (Å²) in [6.07, 6.45) is -1.22. The van der Waals surface area contributed by atoms with Crippen molar-refractivity contribution in [3.05, 3.63) is 0 Å². The zero-order valence-corrected chi connectivity index (χ0v) is 11.9. The largest absolute Gasteiger partial charge is 0.465 e. The molecular weight excluding hydrogens is 250 g/mol. The number of hydrogen-bond donors (Lipinski definition) is 2. The van der Waals surface area contributed by atoms with Crippen molar-refractivity contribution in [1.82, 2.24) is 5.32 Å². The van der Waals surface area contributed by atoms with E-state index >= 15 is 0 Å². The van der Waals surface area contributed by atoms with Crippen LogP contribution in [0, 0.1) is 0 Å². The number of halogens is 1. The molecule has 0 aromatic heterocycles. The van der Waals surface area contributed by atoms with Gasteiger partial charge in [0.2, 0.25) is 0 Å². The highest BCUT2D eigenvalue weighted by molar-refractivity contribution is 6.76. The molecule has 7 heteroatoms. The smallest absolute Gasteiger partial charge is 0.405 e. The third-order valence-corrected chi connectivity index (χ3v) is 3.49.